The van der Waals surface area contributed by atoms with Crippen LogP contribution in [-0.2, 0) is 20.2 Å². The average molecular weight is 344 g/mol. The fraction of sp³-hybridized carbons (Fsp3) is 0. The topological polar surface area (TPSA) is 63.2 Å². The minimum atomic E-state index is -4.33. The third-order valence-electron chi connectivity index (χ3n) is 0. The first-order chi connectivity index (χ1) is 2.00. The Labute approximate surface area is 88.0 Å². The molecule has 2 radical (unpaired) electrons. The van der Waals surface area contributed by atoms with E-state index in [9.17, 15) is 0 Å². The number of rotatable bonds is 0. The predicted octanol–water partition coefficient (Wildman–Crippen LogP) is -4.38. The first-order valence-corrected chi connectivity index (χ1v) is 3.00. The summed E-state index contributed by atoms with van der Waals surface area (Å²) in [6.45, 7) is 0. The van der Waals surface area contributed by atoms with Gasteiger partial charge in [-0.15, -0.1) is 9.05 Å². The van der Waals surface area contributed by atoms with Gasteiger partial charge in [0.1, 0.15) is 0 Å². The zero-order valence-corrected chi connectivity index (χ0v) is 10.6. The Morgan fingerprint density at radius 1 is 1.43 bits per heavy atom. The molecule has 0 rings (SSSR count). The molecule has 0 spiro atoms. The second-order valence-corrected chi connectivity index (χ2v) is 2.45. The van der Waals surface area contributed by atoms with Crippen molar-refractivity contribution in [2.45, 2.75) is 0 Å². The molecule has 0 atom stereocenters. The fourth-order valence-corrected chi connectivity index (χ4v) is 0. The smallest absolute Gasteiger partial charge is 0.780 e. The van der Waals surface area contributed by atoms with Gasteiger partial charge in [-0.2, -0.15) is 0 Å². The van der Waals surface area contributed by atoms with Gasteiger partial charge in [-0.1, -0.05) is 0 Å². The van der Waals surface area contributed by atoms with E-state index in [1.54, 1.807) is 0 Å². The van der Waals surface area contributed by atoms with Gasteiger partial charge in [-0.25, -0.2) is 0 Å². The molecule has 0 N–H and O–H groups in total. The van der Waals surface area contributed by atoms with Gasteiger partial charge in [-0.05, 0) is 11.2 Å². The van der Waals surface area contributed by atoms with Crippen LogP contribution in [0.2, 0.25) is 0 Å². The van der Waals surface area contributed by atoms with Crippen molar-refractivity contribution >= 4 is 46.4 Å². The fourth-order valence-electron chi connectivity index (χ4n) is 0. The molecule has 0 saturated carbocycles. The largest absolute Gasteiger partial charge is 3.00 e. The summed E-state index contributed by atoms with van der Waals surface area (Å²) in [6.07, 6.45) is 0. The molecule has 0 unspecified atom stereocenters. The van der Waals surface area contributed by atoms with Crippen LogP contribution in [0.3, 0.4) is 0 Å². The molecule has 0 fully saturated rings. The summed E-state index contributed by atoms with van der Waals surface area (Å²) in [7, 11) is -4.33. The molecule has 7 heavy (non-hydrogen) atoms. The first-order valence-electron chi connectivity index (χ1n) is 0.667. The Morgan fingerprint density at radius 2 is 1.43 bits per heavy atom. The molecule has 7 heteroatoms. The Balaban J connectivity index is -0.0000000800. The maximum atomic E-state index is 8.89. The van der Waals surface area contributed by atoms with Gasteiger partial charge in [0, 0.05) is 0 Å². The molecule has 0 heterocycles. The van der Waals surface area contributed by atoms with Crippen LogP contribution in [0.5, 0.6) is 0 Å². The molecule has 0 aromatic carbocycles. The molecule has 0 amide bonds. The molecular formula is BiNaO3S2+2. The number of hydrogen-bond acceptors (Lipinski definition) is 4. The van der Waals surface area contributed by atoms with Crippen LogP contribution in [0, 0.1) is 0 Å². The van der Waals surface area contributed by atoms with Gasteiger partial charge in [0.05, 0.1) is 0 Å². The van der Waals surface area contributed by atoms with E-state index in [4.69, 9.17) is 13.3 Å². The monoisotopic (exact) mass is 344 g/mol. The Bertz CT molecular complexity index is 96.1. The predicted molar refractivity (Wildman–Crippen MR) is 22.8 cm³/mol. The maximum Gasteiger partial charge on any atom is 3.00 e. The van der Waals surface area contributed by atoms with E-state index in [0.717, 1.165) is 0 Å². The van der Waals surface area contributed by atoms with Crippen LogP contribution in [0.25, 0.3) is 0 Å². The summed E-state index contributed by atoms with van der Waals surface area (Å²) in [5.74, 6) is 0. The van der Waals surface area contributed by atoms with E-state index >= 15 is 0 Å². The van der Waals surface area contributed by atoms with Crippen molar-refractivity contribution in [3.63, 3.8) is 0 Å². The summed E-state index contributed by atoms with van der Waals surface area (Å²) in [4.78, 5) is 0. The van der Waals surface area contributed by atoms with Crippen molar-refractivity contribution in [1.82, 2.24) is 0 Å². The molecule has 0 aliphatic heterocycles. The van der Waals surface area contributed by atoms with Crippen LogP contribution in [-0.4, -0.2) is 39.5 Å². The summed E-state index contributed by atoms with van der Waals surface area (Å²) in [5, 5.41) is 0. The molecule has 0 aromatic heterocycles. The van der Waals surface area contributed by atoms with Gasteiger partial charge in [0.15, 0.2) is 0 Å². The van der Waals surface area contributed by atoms with E-state index in [1.807, 2.05) is 0 Å². The average Bonchev–Trinajstić information content (AvgIpc) is 0.722. The SMILES string of the molecule is O=S([O-])([O-])=S.[Bi+3].[Na+]. The second-order valence-electron chi connectivity index (χ2n) is 0.408. The van der Waals surface area contributed by atoms with Crippen molar-refractivity contribution in [1.29, 1.82) is 0 Å². The quantitative estimate of drug-likeness (QED) is 0.417. The van der Waals surface area contributed by atoms with Gasteiger partial charge >= 0.3 is 55.8 Å². The van der Waals surface area contributed by atoms with Crippen molar-refractivity contribution in [2.75, 3.05) is 0 Å². The minimum Gasteiger partial charge on any atom is -0.780 e. The number of hydrogen-bond donors (Lipinski definition) is 0. The summed E-state index contributed by atoms with van der Waals surface area (Å²) >= 11 is 3.24. The van der Waals surface area contributed by atoms with Crippen LogP contribution in [0.15, 0.2) is 0 Å². The third-order valence-corrected chi connectivity index (χ3v) is 0. The van der Waals surface area contributed by atoms with Crippen LogP contribution < -0.4 is 29.6 Å². The molecule has 3 nitrogen and oxygen atoms in total. The molecule has 0 aliphatic carbocycles. The van der Waals surface area contributed by atoms with Gasteiger partial charge < -0.3 is 9.11 Å². The Kier molecular flexibility index (Phi) is 14.5. The molecule has 0 aliphatic rings. The van der Waals surface area contributed by atoms with Crippen molar-refractivity contribution in [3.8, 4) is 0 Å². The molecule has 34 valence electrons. The molecule has 0 bridgehead atoms. The van der Waals surface area contributed by atoms with Crippen LogP contribution >= 0.6 is 0 Å². The van der Waals surface area contributed by atoms with E-state index in [0.29, 0.717) is 0 Å². The second kappa shape index (κ2) is 6.30. The van der Waals surface area contributed by atoms with E-state index in [2.05, 4.69) is 11.2 Å². The van der Waals surface area contributed by atoms with Crippen molar-refractivity contribution < 1.29 is 42.9 Å². The zero-order valence-electron chi connectivity index (χ0n) is 3.49. The van der Waals surface area contributed by atoms with Crippen molar-refractivity contribution in [2.24, 2.45) is 0 Å². The first kappa shape index (κ1) is 16.1. The van der Waals surface area contributed by atoms with Crippen LogP contribution in [0.4, 0.5) is 0 Å². The molecule has 0 saturated heterocycles. The minimum absolute atomic E-state index is 0. The Morgan fingerprint density at radius 3 is 1.43 bits per heavy atom. The Hall–Kier alpha value is 2.17. The standard InChI is InChI=1S/Bi.Na.H2O3S2/c;;1-5(2,3)4/h;;(H2,1,2,3,4)/q+3;+1;/p-2. The van der Waals surface area contributed by atoms with Crippen LogP contribution in [0.1, 0.15) is 0 Å². The summed E-state index contributed by atoms with van der Waals surface area (Å²) < 4.78 is 26.7. The van der Waals surface area contributed by atoms with E-state index in [-0.39, 0.29) is 55.8 Å². The summed E-state index contributed by atoms with van der Waals surface area (Å²) in [6, 6.07) is 0. The van der Waals surface area contributed by atoms with Crippen molar-refractivity contribution in [3.05, 3.63) is 0 Å². The zero-order chi connectivity index (χ0) is 4.50. The van der Waals surface area contributed by atoms with E-state index < -0.39 is 9.05 Å². The normalized spacial score (nSPS) is 8.29. The molecule has 0 aromatic rings. The van der Waals surface area contributed by atoms with E-state index in [1.165, 1.54) is 0 Å². The van der Waals surface area contributed by atoms with Gasteiger partial charge in [-0.3, -0.25) is 4.21 Å². The molecular weight excluding hydrogens is 344 g/mol. The van der Waals surface area contributed by atoms with Gasteiger partial charge in [0.25, 0.3) is 0 Å². The third kappa shape index (κ3) is 66.0. The van der Waals surface area contributed by atoms with Gasteiger partial charge in [0.2, 0.25) is 0 Å². The summed E-state index contributed by atoms with van der Waals surface area (Å²) in [5.41, 5.74) is 0. The maximum absolute atomic E-state index is 8.89.